The lowest BCUT2D eigenvalue weighted by atomic mass is 9.95. The Balaban J connectivity index is 1.32. The van der Waals surface area contributed by atoms with E-state index in [0.29, 0.717) is 17.5 Å². The number of hydrogen-bond donors (Lipinski definition) is 0. The molecule has 0 bridgehead atoms. The number of pyridine rings is 1. The average Bonchev–Trinajstić information content (AvgIpc) is 3.72. The number of benzene rings is 6. The standard InChI is InChI=1S/C42H24N4O2/c1-3-11-25(12-4-1)40-44-41(26-13-5-2-6-14-26)46-42(45-40)32-21-28(29-17-9-19-35-38(29)30-16-7-8-18-34(30)47-35)23-37-39(32)31-24-33-27(15-10-20-43-33)22-36(31)48-37/h1-24H. The Morgan fingerprint density at radius 2 is 1.06 bits per heavy atom. The van der Waals surface area contributed by atoms with E-state index in [0.717, 1.165) is 82.6 Å². The highest BCUT2D eigenvalue weighted by molar-refractivity contribution is 6.18. The molecule has 0 spiro atoms. The molecule has 4 aromatic heterocycles. The van der Waals surface area contributed by atoms with Gasteiger partial charge in [0.15, 0.2) is 17.5 Å². The molecular weight excluding hydrogens is 592 g/mol. The van der Waals surface area contributed by atoms with Gasteiger partial charge in [-0.2, -0.15) is 0 Å². The minimum Gasteiger partial charge on any atom is -0.456 e. The molecule has 0 aliphatic rings. The summed E-state index contributed by atoms with van der Waals surface area (Å²) in [6, 6.07) is 46.8. The van der Waals surface area contributed by atoms with Crippen molar-refractivity contribution in [2.24, 2.45) is 0 Å². The smallest absolute Gasteiger partial charge is 0.164 e. The number of fused-ring (bicyclic) bond motifs is 7. The molecule has 0 saturated heterocycles. The van der Waals surface area contributed by atoms with Crippen LogP contribution in [0.3, 0.4) is 0 Å². The summed E-state index contributed by atoms with van der Waals surface area (Å²) in [6.07, 6.45) is 1.82. The number of para-hydroxylation sites is 1. The quantitative estimate of drug-likeness (QED) is 0.196. The molecule has 224 valence electrons. The second kappa shape index (κ2) is 10.4. The first-order chi connectivity index (χ1) is 23.8. The van der Waals surface area contributed by atoms with E-state index in [1.54, 1.807) is 0 Å². The summed E-state index contributed by atoms with van der Waals surface area (Å²) in [4.78, 5) is 19.9. The molecule has 0 atom stereocenters. The summed E-state index contributed by atoms with van der Waals surface area (Å²) in [5.74, 6) is 1.75. The van der Waals surface area contributed by atoms with Gasteiger partial charge >= 0.3 is 0 Å². The maximum Gasteiger partial charge on any atom is 0.164 e. The van der Waals surface area contributed by atoms with Gasteiger partial charge in [0.1, 0.15) is 22.3 Å². The molecule has 0 N–H and O–H groups in total. The third-order valence-electron chi connectivity index (χ3n) is 8.95. The molecule has 4 heterocycles. The van der Waals surface area contributed by atoms with Crippen LogP contribution in [0, 0.1) is 0 Å². The maximum atomic E-state index is 6.67. The number of rotatable bonds is 4. The lowest BCUT2D eigenvalue weighted by Crippen LogP contribution is -2.00. The average molecular weight is 617 g/mol. The van der Waals surface area contributed by atoms with Crippen LogP contribution in [0.4, 0.5) is 0 Å². The van der Waals surface area contributed by atoms with Crippen molar-refractivity contribution >= 4 is 54.8 Å². The minimum absolute atomic E-state index is 0.558. The molecule has 6 nitrogen and oxygen atoms in total. The molecule has 0 unspecified atom stereocenters. The molecule has 6 heteroatoms. The lowest BCUT2D eigenvalue weighted by Gasteiger charge is -2.11. The maximum absolute atomic E-state index is 6.67. The predicted molar refractivity (Wildman–Crippen MR) is 191 cm³/mol. The lowest BCUT2D eigenvalue weighted by molar-refractivity contribution is 0.668. The van der Waals surface area contributed by atoms with Crippen molar-refractivity contribution in [3.8, 4) is 45.3 Å². The summed E-state index contributed by atoms with van der Waals surface area (Å²) in [7, 11) is 0. The number of aromatic nitrogens is 4. The number of nitrogens with zero attached hydrogens (tertiary/aromatic N) is 4. The SMILES string of the molecule is c1ccc(-c2nc(-c3ccccc3)nc(-c3cc(-c4cccc5oc6ccccc6c45)cc4oc5cc6cccnc6cc5c34)n2)cc1. The molecule has 0 fully saturated rings. The molecule has 0 aliphatic carbocycles. The molecule has 48 heavy (non-hydrogen) atoms. The van der Waals surface area contributed by atoms with Crippen LogP contribution in [-0.4, -0.2) is 19.9 Å². The van der Waals surface area contributed by atoms with Gasteiger partial charge in [-0.15, -0.1) is 0 Å². The molecule has 0 aliphatic heterocycles. The first kappa shape index (κ1) is 26.5. The molecule has 10 rings (SSSR count). The van der Waals surface area contributed by atoms with Crippen molar-refractivity contribution in [3.63, 3.8) is 0 Å². The highest BCUT2D eigenvalue weighted by Gasteiger charge is 2.22. The fraction of sp³-hybridized carbons (Fsp3) is 0. The monoisotopic (exact) mass is 616 g/mol. The van der Waals surface area contributed by atoms with Crippen LogP contribution >= 0.6 is 0 Å². The minimum atomic E-state index is 0.558. The van der Waals surface area contributed by atoms with Gasteiger partial charge < -0.3 is 8.83 Å². The molecule has 10 aromatic rings. The first-order valence-corrected chi connectivity index (χ1v) is 15.8. The zero-order valence-electron chi connectivity index (χ0n) is 25.5. The second-order valence-electron chi connectivity index (χ2n) is 11.9. The van der Waals surface area contributed by atoms with Crippen molar-refractivity contribution in [1.82, 2.24) is 19.9 Å². The summed E-state index contributed by atoms with van der Waals surface area (Å²) < 4.78 is 12.9. The Bertz CT molecular complexity index is 2780. The van der Waals surface area contributed by atoms with Crippen LogP contribution in [0.25, 0.3) is 100 Å². The summed E-state index contributed by atoms with van der Waals surface area (Å²) in [5, 5.41) is 5.00. The Morgan fingerprint density at radius 3 is 1.85 bits per heavy atom. The molecular formula is C42H24N4O2. The molecule has 0 saturated carbocycles. The van der Waals surface area contributed by atoms with Crippen molar-refractivity contribution in [3.05, 3.63) is 146 Å². The van der Waals surface area contributed by atoms with Crippen molar-refractivity contribution in [2.75, 3.05) is 0 Å². The zero-order valence-corrected chi connectivity index (χ0v) is 25.5. The first-order valence-electron chi connectivity index (χ1n) is 15.8. The highest BCUT2D eigenvalue weighted by atomic mass is 16.3. The molecule has 6 aromatic carbocycles. The Hall–Kier alpha value is -6.66. The number of hydrogen-bond acceptors (Lipinski definition) is 6. The van der Waals surface area contributed by atoms with E-state index in [4.69, 9.17) is 23.8 Å². The second-order valence-corrected chi connectivity index (χ2v) is 11.9. The molecule has 0 amide bonds. The fourth-order valence-corrected chi connectivity index (χ4v) is 6.75. The van der Waals surface area contributed by atoms with Crippen molar-refractivity contribution in [2.45, 2.75) is 0 Å². The van der Waals surface area contributed by atoms with Crippen LogP contribution in [0.2, 0.25) is 0 Å². The topological polar surface area (TPSA) is 77.8 Å². The van der Waals surface area contributed by atoms with E-state index < -0.39 is 0 Å². The van der Waals surface area contributed by atoms with E-state index in [1.165, 1.54) is 0 Å². The molecule has 0 radical (unpaired) electrons. The van der Waals surface area contributed by atoms with E-state index in [9.17, 15) is 0 Å². The van der Waals surface area contributed by atoms with Gasteiger partial charge in [0.05, 0.1) is 5.52 Å². The third kappa shape index (κ3) is 4.20. The van der Waals surface area contributed by atoms with Crippen LogP contribution in [0.15, 0.2) is 155 Å². The van der Waals surface area contributed by atoms with Crippen LogP contribution in [-0.2, 0) is 0 Å². The number of furan rings is 2. The van der Waals surface area contributed by atoms with Gasteiger partial charge in [0, 0.05) is 49.8 Å². The van der Waals surface area contributed by atoms with Gasteiger partial charge in [0.2, 0.25) is 0 Å². The van der Waals surface area contributed by atoms with Crippen molar-refractivity contribution < 1.29 is 8.83 Å². The van der Waals surface area contributed by atoms with Crippen LogP contribution in [0.1, 0.15) is 0 Å². The largest absolute Gasteiger partial charge is 0.456 e. The Labute approximate surface area is 274 Å². The van der Waals surface area contributed by atoms with E-state index in [2.05, 4.69) is 47.4 Å². The third-order valence-corrected chi connectivity index (χ3v) is 8.95. The zero-order chi connectivity index (χ0) is 31.6. The highest BCUT2D eigenvalue weighted by Crippen LogP contribution is 2.43. The summed E-state index contributed by atoms with van der Waals surface area (Å²) in [5.41, 5.74) is 8.75. The Morgan fingerprint density at radius 1 is 0.396 bits per heavy atom. The summed E-state index contributed by atoms with van der Waals surface area (Å²) >= 11 is 0. The fourth-order valence-electron chi connectivity index (χ4n) is 6.75. The Kier molecular flexibility index (Phi) is 5.77. The van der Waals surface area contributed by atoms with Gasteiger partial charge in [-0.3, -0.25) is 4.98 Å². The van der Waals surface area contributed by atoms with Gasteiger partial charge in [-0.05, 0) is 53.6 Å². The normalized spacial score (nSPS) is 11.8. The van der Waals surface area contributed by atoms with E-state index in [-0.39, 0.29) is 0 Å². The van der Waals surface area contributed by atoms with Crippen molar-refractivity contribution in [1.29, 1.82) is 0 Å². The van der Waals surface area contributed by atoms with Crippen LogP contribution in [0.5, 0.6) is 0 Å². The van der Waals surface area contributed by atoms with E-state index >= 15 is 0 Å². The van der Waals surface area contributed by atoms with Gasteiger partial charge in [0.25, 0.3) is 0 Å². The van der Waals surface area contributed by atoms with E-state index in [1.807, 2.05) is 103 Å². The van der Waals surface area contributed by atoms with Gasteiger partial charge in [-0.1, -0.05) is 97.1 Å². The summed E-state index contributed by atoms with van der Waals surface area (Å²) in [6.45, 7) is 0. The van der Waals surface area contributed by atoms with Gasteiger partial charge in [-0.25, -0.2) is 15.0 Å². The van der Waals surface area contributed by atoms with Crippen LogP contribution < -0.4 is 0 Å². The predicted octanol–water partition coefficient (Wildman–Crippen LogP) is 10.9.